The number of allylic oxidation sites excluding steroid dienone is 2. The lowest BCUT2D eigenvalue weighted by Gasteiger charge is -2.43. The molecule has 0 amide bonds. The molecule has 0 aliphatic carbocycles. The van der Waals surface area contributed by atoms with E-state index < -0.39 is 35.7 Å². The van der Waals surface area contributed by atoms with Crippen molar-refractivity contribution in [1.29, 1.82) is 0 Å². The number of hydrogen-bond donors (Lipinski definition) is 3. The van der Waals surface area contributed by atoms with Gasteiger partial charge in [-0.25, -0.2) is 0 Å². The topological polar surface area (TPSA) is 112 Å². The first-order valence-corrected chi connectivity index (χ1v) is 18.3. The number of quaternary nitrogens is 1. The van der Waals surface area contributed by atoms with Crippen molar-refractivity contribution in [2.75, 3.05) is 26.2 Å². The van der Waals surface area contributed by atoms with Crippen LogP contribution in [0.5, 0.6) is 0 Å². The highest BCUT2D eigenvalue weighted by Crippen LogP contribution is 2.25. The maximum absolute atomic E-state index is 12.0. The van der Waals surface area contributed by atoms with E-state index in [-0.39, 0.29) is 24.1 Å². The van der Waals surface area contributed by atoms with Gasteiger partial charge < -0.3 is 19.8 Å². The molecule has 7 nitrogen and oxygen atoms in total. The molecule has 3 unspecified atom stereocenters. The summed E-state index contributed by atoms with van der Waals surface area (Å²) in [6, 6.07) is 0. The van der Waals surface area contributed by atoms with Crippen LogP contribution in [0.1, 0.15) is 163 Å². The lowest BCUT2D eigenvalue weighted by Crippen LogP contribution is -2.58. The predicted molar refractivity (Wildman–Crippen MR) is 182 cm³/mol. The third kappa shape index (κ3) is 21.0. The second kappa shape index (κ2) is 27.4. The second-order valence-corrected chi connectivity index (χ2v) is 13.3. The Bertz CT molecular complexity index is 707. The first kappa shape index (κ1) is 42.1. The number of carboxylic acids is 3. The number of nitrogens with zero attached hydrogens (tertiary/aromatic N) is 1. The Morgan fingerprint density at radius 2 is 0.773 bits per heavy atom. The van der Waals surface area contributed by atoms with Gasteiger partial charge in [-0.15, -0.1) is 0 Å². The maximum Gasteiger partial charge on any atom is 0.312 e. The smallest absolute Gasteiger partial charge is 0.312 e. The summed E-state index contributed by atoms with van der Waals surface area (Å²) in [6.07, 6.45) is 28.5. The van der Waals surface area contributed by atoms with Crippen molar-refractivity contribution < 1.29 is 34.2 Å². The van der Waals surface area contributed by atoms with Crippen molar-refractivity contribution in [1.82, 2.24) is 0 Å². The van der Waals surface area contributed by atoms with Gasteiger partial charge in [0.2, 0.25) is 0 Å². The summed E-state index contributed by atoms with van der Waals surface area (Å²) in [4.78, 5) is 36.0. The summed E-state index contributed by atoms with van der Waals surface area (Å²) in [6.45, 7) is 9.26. The van der Waals surface area contributed by atoms with Crippen LogP contribution in [-0.4, -0.2) is 63.9 Å². The largest absolute Gasteiger partial charge is 0.481 e. The SMILES string of the molecule is CCCCC/C=C/CCCCCCCCCCCCCCC[N+](CC(CC)C(=O)O)(CC(CC)C(=O)O)CC(CC)C(=O)O. The van der Waals surface area contributed by atoms with Gasteiger partial charge in [0.25, 0.3) is 0 Å². The van der Waals surface area contributed by atoms with Crippen LogP contribution in [0.3, 0.4) is 0 Å². The molecule has 258 valence electrons. The minimum atomic E-state index is -0.886. The zero-order valence-electron chi connectivity index (χ0n) is 29.1. The molecule has 0 spiro atoms. The summed E-state index contributed by atoms with van der Waals surface area (Å²) < 4.78 is 0.260. The maximum atomic E-state index is 12.0. The van der Waals surface area contributed by atoms with Crippen LogP contribution in [0.15, 0.2) is 12.2 Å². The molecule has 44 heavy (non-hydrogen) atoms. The zero-order chi connectivity index (χ0) is 33.1. The lowest BCUT2D eigenvalue weighted by atomic mass is 9.95. The highest BCUT2D eigenvalue weighted by Gasteiger charge is 2.40. The van der Waals surface area contributed by atoms with Gasteiger partial charge in [0.1, 0.15) is 17.8 Å². The van der Waals surface area contributed by atoms with Crippen molar-refractivity contribution in [3.05, 3.63) is 12.2 Å². The Kier molecular flexibility index (Phi) is 26.2. The molecule has 7 heteroatoms. The number of unbranched alkanes of at least 4 members (excludes halogenated alkanes) is 16. The molecule has 3 atom stereocenters. The molecule has 0 aromatic rings. The normalized spacial score (nSPS) is 15.2. The number of hydrogen-bond acceptors (Lipinski definition) is 3. The zero-order valence-corrected chi connectivity index (χ0v) is 29.1. The van der Waals surface area contributed by atoms with Gasteiger partial charge in [-0.2, -0.15) is 0 Å². The van der Waals surface area contributed by atoms with Crippen molar-refractivity contribution in [2.45, 2.75) is 163 Å². The second-order valence-electron chi connectivity index (χ2n) is 13.3. The van der Waals surface area contributed by atoms with Crippen molar-refractivity contribution in [3.8, 4) is 0 Å². The van der Waals surface area contributed by atoms with E-state index in [0.717, 1.165) is 19.3 Å². The monoisotopic (exact) mass is 625 g/mol. The van der Waals surface area contributed by atoms with E-state index in [0.29, 0.717) is 25.8 Å². The van der Waals surface area contributed by atoms with Gasteiger partial charge in [-0.3, -0.25) is 14.4 Å². The van der Waals surface area contributed by atoms with E-state index in [2.05, 4.69) is 19.1 Å². The highest BCUT2D eigenvalue weighted by molar-refractivity contribution is 5.71. The molecule has 0 radical (unpaired) electrons. The summed E-state index contributed by atoms with van der Waals surface area (Å²) in [5.74, 6) is -4.51. The van der Waals surface area contributed by atoms with Crippen LogP contribution >= 0.6 is 0 Å². The highest BCUT2D eigenvalue weighted by atomic mass is 16.4. The molecule has 0 aliphatic heterocycles. The first-order chi connectivity index (χ1) is 21.2. The first-order valence-electron chi connectivity index (χ1n) is 18.3. The Morgan fingerprint density at radius 3 is 1.07 bits per heavy atom. The molecular weight excluding hydrogens is 554 g/mol. The molecule has 0 saturated heterocycles. The minimum Gasteiger partial charge on any atom is -0.481 e. The Balaban J connectivity index is 4.55. The fourth-order valence-electron chi connectivity index (χ4n) is 6.45. The van der Waals surface area contributed by atoms with E-state index in [4.69, 9.17) is 0 Å². The molecule has 0 fully saturated rings. The average molecular weight is 625 g/mol. The summed E-state index contributed by atoms with van der Waals surface area (Å²) >= 11 is 0. The summed E-state index contributed by atoms with van der Waals surface area (Å²) in [5.41, 5.74) is 0. The van der Waals surface area contributed by atoms with Gasteiger partial charge in [0.15, 0.2) is 0 Å². The fraction of sp³-hybridized carbons (Fsp3) is 0.865. The van der Waals surface area contributed by atoms with Crippen LogP contribution in [-0.2, 0) is 14.4 Å². The average Bonchev–Trinajstić information content (AvgIpc) is 2.99. The van der Waals surface area contributed by atoms with Crippen molar-refractivity contribution in [2.24, 2.45) is 17.8 Å². The number of carbonyl (C=O) groups is 3. The van der Waals surface area contributed by atoms with Crippen LogP contribution in [0.2, 0.25) is 0 Å². The molecule has 3 N–H and O–H groups in total. The van der Waals surface area contributed by atoms with Crippen LogP contribution in [0.25, 0.3) is 0 Å². The molecule has 0 aromatic carbocycles. The molecular formula is C37H70NO6+. The Hall–Kier alpha value is -1.89. The van der Waals surface area contributed by atoms with E-state index in [1.54, 1.807) is 0 Å². The van der Waals surface area contributed by atoms with E-state index >= 15 is 0 Å². The van der Waals surface area contributed by atoms with Crippen LogP contribution in [0.4, 0.5) is 0 Å². The molecule has 0 rings (SSSR count). The van der Waals surface area contributed by atoms with Gasteiger partial charge >= 0.3 is 17.9 Å². The Labute approximate surface area is 270 Å². The fourth-order valence-corrected chi connectivity index (χ4v) is 6.45. The van der Waals surface area contributed by atoms with E-state index in [1.807, 2.05) is 20.8 Å². The molecule has 0 aliphatic rings. The summed E-state index contributed by atoms with van der Waals surface area (Å²) in [7, 11) is 0. The van der Waals surface area contributed by atoms with Gasteiger partial charge in [-0.1, -0.05) is 117 Å². The van der Waals surface area contributed by atoms with Crippen molar-refractivity contribution >= 4 is 17.9 Å². The minimum absolute atomic E-state index is 0.260. The molecule has 0 bridgehead atoms. The number of rotatable bonds is 32. The molecule has 0 heterocycles. The van der Waals surface area contributed by atoms with Crippen LogP contribution in [0, 0.1) is 17.8 Å². The number of aliphatic carboxylic acids is 3. The predicted octanol–water partition coefficient (Wildman–Crippen LogP) is 9.73. The standard InChI is InChI=1S/C37H69NO6/c1-5-9-10-11-12-13-14-15-16-17-18-19-20-21-22-23-24-25-26-27-28-38(29-32(6-2)35(39)40,30-33(7-3)36(41)42)31-34(8-4)37(43)44/h12-13,32-34H,5-11,14-31H2,1-4H3,(H2-,39,40,41,42,43,44)/p+1/b13-12+. The third-order valence-corrected chi connectivity index (χ3v) is 9.49. The van der Waals surface area contributed by atoms with E-state index in [9.17, 15) is 29.7 Å². The summed E-state index contributed by atoms with van der Waals surface area (Å²) in [5, 5.41) is 29.5. The number of carboxylic acid groups (broad SMARTS) is 3. The quantitative estimate of drug-likeness (QED) is 0.0390. The van der Waals surface area contributed by atoms with Gasteiger partial charge in [0, 0.05) is 0 Å². The van der Waals surface area contributed by atoms with E-state index in [1.165, 1.54) is 96.3 Å². The molecule has 0 saturated carbocycles. The van der Waals surface area contributed by atoms with Crippen molar-refractivity contribution in [3.63, 3.8) is 0 Å². The van der Waals surface area contributed by atoms with Crippen LogP contribution < -0.4 is 0 Å². The lowest BCUT2D eigenvalue weighted by molar-refractivity contribution is -0.935. The third-order valence-electron chi connectivity index (χ3n) is 9.49. The molecule has 0 aromatic heterocycles. The van der Waals surface area contributed by atoms with Gasteiger partial charge in [-0.05, 0) is 57.8 Å². The van der Waals surface area contributed by atoms with Gasteiger partial charge in [0.05, 0.1) is 26.2 Å². The Morgan fingerprint density at radius 1 is 0.477 bits per heavy atom.